The van der Waals surface area contributed by atoms with Crippen LogP contribution in [0.5, 0.6) is 5.75 Å². The minimum Gasteiger partial charge on any atom is -0.497 e. The highest BCUT2D eigenvalue weighted by Crippen LogP contribution is 2.28. The first-order valence-electron chi connectivity index (χ1n) is 8.49. The number of carbonyl (C=O) groups is 1. The van der Waals surface area contributed by atoms with Crippen LogP contribution in [-0.4, -0.2) is 34.1 Å². The average Bonchev–Trinajstić information content (AvgIpc) is 2.65. The maximum atomic E-state index is 13.2. The zero-order valence-corrected chi connectivity index (χ0v) is 17.5. The largest absolute Gasteiger partial charge is 0.497 e. The summed E-state index contributed by atoms with van der Waals surface area (Å²) < 4.78 is 37.9. The molecule has 0 radical (unpaired) electrons. The van der Waals surface area contributed by atoms with Gasteiger partial charge in [0, 0.05) is 0 Å². The number of methoxy groups -OCH3 is 1. The lowest BCUT2D eigenvalue weighted by atomic mass is 10.2. The summed E-state index contributed by atoms with van der Waals surface area (Å²) in [5.74, 6) is -0.0818. The van der Waals surface area contributed by atoms with Gasteiger partial charge in [-0.2, -0.15) is 0 Å². The molecule has 0 amide bonds. The number of halogens is 1. The number of carbonyl (C=O) groups excluding carboxylic acids is 1. The number of esters is 1. The van der Waals surface area contributed by atoms with Crippen molar-refractivity contribution in [3.05, 3.63) is 65.7 Å². The molecule has 2 rings (SSSR count). The van der Waals surface area contributed by atoms with Crippen LogP contribution in [0.2, 0.25) is 5.02 Å². The van der Waals surface area contributed by atoms with Crippen molar-refractivity contribution < 1.29 is 22.7 Å². The van der Waals surface area contributed by atoms with Gasteiger partial charge >= 0.3 is 5.97 Å². The Labute approximate surface area is 170 Å². The van der Waals surface area contributed by atoms with Gasteiger partial charge < -0.3 is 9.47 Å². The smallest absolute Gasteiger partial charge is 0.339 e. The molecule has 0 aliphatic rings. The van der Waals surface area contributed by atoms with E-state index in [1.807, 2.05) is 0 Å². The van der Waals surface area contributed by atoms with Crippen molar-refractivity contribution in [1.29, 1.82) is 0 Å². The highest BCUT2D eigenvalue weighted by atomic mass is 35.5. The second kappa shape index (κ2) is 9.12. The fourth-order valence-corrected chi connectivity index (χ4v) is 4.09. The van der Waals surface area contributed by atoms with Gasteiger partial charge in [0.05, 0.1) is 40.9 Å². The van der Waals surface area contributed by atoms with E-state index in [1.165, 1.54) is 35.7 Å². The van der Waals surface area contributed by atoms with Gasteiger partial charge in [0.1, 0.15) is 5.75 Å². The third-order valence-electron chi connectivity index (χ3n) is 3.74. The maximum absolute atomic E-state index is 13.2. The van der Waals surface area contributed by atoms with Gasteiger partial charge in [-0.25, -0.2) is 13.2 Å². The van der Waals surface area contributed by atoms with E-state index in [0.717, 1.165) is 0 Å². The Morgan fingerprint density at radius 1 is 1.21 bits per heavy atom. The molecule has 6 nitrogen and oxygen atoms in total. The molecule has 0 bridgehead atoms. The van der Waals surface area contributed by atoms with E-state index >= 15 is 0 Å². The monoisotopic (exact) mass is 423 g/mol. The predicted octanol–water partition coefficient (Wildman–Crippen LogP) is 4.30. The van der Waals surface area contributed by atoms with E-state index in [0.29, 0.717) is 11.4 Å². The lowest BCUT2D eigenvalue weighted by Crippen LogP contribution is -2.31. The summed E-state index contributed by atoms with van der Waals surface area (Å²) in [7, 11) is -2.46. The summed E-state index contributed by atoms with van der Waals surface area (Å²) in [4.78, 5) is 12.2. The molecule has 0 aliphatic heterocycles. The van der Waals surface area contributed by atoms with Crippen molar-refractivity contribution in [2.24, 2.45) is 0 Å². The van der Waals surface area contributed by atoms with E-state index in [2.05, 4.69) is 6.58 Å². The summed E-state index contributed by atoms with van der Waals surface area (Å²) in [6, 6.07) is 10.5. The Hall–Kier alpha value is -2.51. The first-order valence-corrected chi connectivity index (χ1v) is 10.3. The zero-order valence-electron chi connectivity index (χ0n) is 15.9. The second-order valence-corrected chi connectivity index (χ2v) is 8.39. The predicted molar refractivity (Wildman–Crippen MR) is 110 cm³/mol. The molecule has 2 aromatic rings. The topological polar surface area (TPSA) is 72.9 Å². The molecule has 0 aromatic heterocycles. The maximum Gasteiger partial charge on any atom is 0.339 e. The lowest BCUT2D eigenvalue weighted by Gasteiger charge is -2.23. The first-order chi connectivity index (χ1) is 13.2. The van der Waals surface area contributed by atoms with Gasteiger partial charge in [0.15, 0.2) is 0 Å². The SMILES string of the molecule is C=CCN(c1ccc(OC)cc1)S(=O)(=O)c1ccc(Cl)c(C(=O)OC(C)C)c1. The van der Waals surface area contributed by atoms with Crippen LogP contribution in [0.1, 0.15) is 24.2 Å². The average molecular weight is 424 g/mol. The minimum atomic E-state index is -3.98. The van der Waals surface area contributed by atoms with Gasteiger partial charge in [0.25, 0.3) is 10.0 Å². The zero-order chi connectivity index (χ0) is 20.9. The molecule has 0 heterocycles. The number of sulfonamides is 1. The molecule has 0 N–H and O–H groups in total. The summed E-state index contributed by atoms with van der Waals surface area (Å²) >= 11 is 6.08. The van der Waals surface area contributed by atoms with E-state index in [1.54, 1.807) is 38.1 Å². The lowest BCUT2D eigenvalue weighted by molar-refractivity contribution is 0.0378. The molecule has 0 atom stereocenters. The van der Waals surface area contributed by atoms with Crippen LogP contribution in [0.15, 0.2) is 60.0 Å². The van der Waals surface area contributed by atoms with Gasteiger partial charge in [-0.15, -0.1) is 6.58 Å². The number of anilines is 1. The van der Waals surface area contributed by atoms with Gasteiger partial charge in [-0.1, -0.05) is 17.7 Å². The van der Waals surface area contributed by atoms with Crippen LogP contribution in [0.25, 0.3) is 0 Å². The highest BCUT2D eigenvalue weighted by molar-refractivity contribution is 7.92. The van der Waals surface area contributed by atoms with E-state index in [-0.39, 0.29) is 28.1 Å². The Morgan fingerprint density at radius 3 is 2.39 bits per heavy atom. The van der Waals surface area contributed by atoms with Crippen molar-refractivity contribution in [3.63, 3.8) is 0 Å². The number of ether oxygens (including phenoxy) is 2. The normalized spacial score (nSPS) is 11.2. The van der Waals surface area contributed by atoms with Crippen LogP contribution in [0.4, 0.5) is 5.69 Å². The molecule has 0 spiro atoms. The number of hydrogen-bond acceptors (Lipinski definition) is 5. The van der Waals surface area contributed by atoms with Gasteiger partial charge in [-0.3, -0.25) is 4.31 Å². The second-order valence-electron chi connectivity index (χ2n) is 6.12. The number of benzene rings is 2. The number of nitrogens with zero attached hydrogens (tertiary/aromatic N) is 1. The third kappa shape index (κ3) is 4.85. The molecular formula is C20H22ClNO5S. The molecule has 0 saturated carbocycles. The van der Waals surface area contributed by atoms with Gasteiger partial charge in [0.2, 0.25) is 0 Å². The molecule has 150 valence electrons. The highest BCUT2D eigenvalue weighted by Gasteiger charge is 2.26. The van der Waals surface area contributed by atoms with E-state index < -0.39 is 16.0 Å². The first kappa shape index (κ1) is 21.8. The van der Waals surface area contributed by atoms with Crippen molar-refractivity contribution in [3.8, 4) is 5.75 Å². The molecule has 0 unspecified atom stereocenters. The summed E-state index contributed by atoms with van der Waals surface area (Å²) in [6.45, 7) is 7.07. The van der Waals surface area contributed by atoms with Crippen LogP contribution in [-0.2, 0) is 14.8 Å². The third-order valence-corrected chi connectivity index (χ3v) is 5.86. The fraction of sp³-hybridized carbons (Fsp3) is 0.250. The Morgan fingerprint density at radius 2 is 1.86 bits per heavy atom. The minimum absolute atomic E-state index is 0.00951. The summed E-state index contributed by atoms with van der Waals surface area (Å²) in [5, 5.41) is 0.115. The molecule has 2 aromatic carbocycles. The van der Waals surface area contributed by atoms with Gasteiger partial charge in [-0.05, 0) is 56.3 Å². The number of rotatable bonds is 8. The quantitative estimate of drug-likeness (QED) is 0.467. The standard InChI is InChI=1S/C20H22ClNO5S/c1-5-12-22(15-6-8-16(26-4)9-7-15)28(24,25)17-10-11-19(21)18(13-17)20(23)27-14(2)3/h5-11,13-14H,1,12H2,2-4H3. The van der Waals surface area contributed by atoms with Crippen molar-refractivity contribution in [2.45, 2.75) is 24.8 Å². The van der Waals surface area contributed by atoms with E-state index in [9.17, 15) is 13.2 Å². The Balaban J connectivity index is 2.49. The van der Waals surface area contributed by atoms with Crippen LogP contribution in [0, 0.1) is 0 Å². The molecule has 0 aliphatic carbocycles. The summed E-state index contributed by atoms with van der Waals surface area (Å²) in [6.07, 6.45) is 1.12. The molecule has 0 fully saturated rings. The molecule has 28 heavy (non-hydrogen) atoms. The van der Waals surface area contributed by atoms with Crippen molar-refractivity contribution >= 4 is 33.3 Å². The molecule has 0 saturated heterocycles. The van der Waals surface area contributed by atoms with Crippen LogP contribution >= 0.6 is 11.6 Å². The Bertz CT molecular complexity index is 955. The van der Waals surface area contributed by atoms with Crippen molar-refractivity contribution in [2.75, 3.05) is 18.0 Å². The van der Waals surface area contributed by atoms with Crippen LogP contribution in [0.3, 0.4) is 0 Å². The Kier molecular flexibility index (Phi) is 7.10. The van der Waals surface area contributed by atoms with E-state index in [4.69, 9.17) is 21.1 Å². The molecule has 8 heteroatoms. The number of hydrogen-bond donors (Lipinski definition) is 0. The van der Waals surface area contributed by atoms with Crippen LogP contribution < -0.4 is 9.04 Å². The van der Waals surface area contributed by atoms with Crippen molar-refractivity contribution in [1.82, 2.24) is 0 Å². The summed E-state index contributed by atoms with van der Waals surface area (Å²) in [5.41, 5.74) is 0.423. The molecular weight excluding hydrogens is 402 g/mol. The fourth-order valence-electron chi connectivity index (χ4n) is 2.43.